The molecule has 6 nitrogen and oxygen atoms in total. The lowest BCUT2D eigenvalue weighted by Gasteiger charge is -2.21. The van der Waals surface area contributed by atoms with Gasteiger partial charge in [0.25, 0.3) is 10.1 Å². The smallest absolute Gasteiger partial charge is 0.267 e. The van der Waals surface area contributed by atoms with Gasteiger partial charge in [-0.15, -0.1) is 0 Å². The molecule has 3 N–H and O–H groups in total. The lowest BCUT2D eigenvalue weighted by molar-refractivity contribution is -0.122. The molecule has 0 saturated heterocycles. The Bertz CT molecular complexity index is 925. The van der Waals surface area contributed by atoms with Gasteiger partial charge in [0.2, 0.25) is 5.91 Å². The Morgan fingerprint density at radius 1 is 0.574 bits per heavy atom. The first kappa shape index (κ1) is 45.3. The Morgan fingerprint density at radius 2 is 0.979 bits per heavy atom. The van der Waals surface area contributed by atoms with Crippen LogP contribution in [0.5, 0.6) is 0 Å². The van der Waals surface area contributed by atoms with Crippen molar-refractivity contribution in [2.45, 2.75) is 193 Å². The Morgan fingerprint density at radius 3 is 1.51 bits per heavy atom. The summed E-state index contributed by atoms with van der Waals surface area (Å²) < 4.78 is 32.4. The number of aliphatic hydroxyl groups is 1. The normalized spacial score (nSPS) is 13.9. The van der Waals surface area contributed by atoms with Crippen molar-refractivity contribution in [3.8, 4) is 0 Å². The third-order valence-corrected chi connectivity index (χ3v) is 9.26. The van der Waals surface area contributed by atoms with Crippen LogP contribution in [0.4, 0.5) is 0 Å². The number of hydrogen-bond acceptors (Lipinski definition) is 4. The Labute approximate surface area is 290 Å². The summed E-state index contributed by atoms with van der Waals surface area (Å²) in [7, 11) is -4.35. The molecule has 0 aliphatic heterocycles. The van der Waals surface area contributed by atoms with Crippen LogP contribution in [0.1, 0.15) is 181 Å². The molecule has 0 radical (unpaired) electrons. The fourth-order valence-electron chi connectivity index (χ4n) is 5.55. The van der Waals surface area contributed by atoms with Gasteiger partial charge in [-0.1, -0.05) is 159 Å². The summed E-state index contributed by atoms with van der Waals surface area (Å²) in [5, 5.41) is 13.2. The second-order valence-electron chi connectivity index (χ2n) is 13.2. The van der Waals surface area contributed by atoms with Crippen LogP contribution < -0.4 is 5.32 Å². The van der Waals surface area contributed by atoms with Gasteiger partial charge in [0.05, 0.1) is 17.9 Å². The van der Waals surface area contributed by atoms with E-state index in [1.807, 2.05) is 0 Å². The van der Waals surface area contributed by atoms with E-state index in [0.717, 1.165) is 51.4 Å². The van der Waals surface area contributed by atoms with Crippen molar-refractivity contribution in [1.82, 2.24) is 5.32 Å². The van der Waals surface area contributed by atoms with E-state index < -0.39 is 28.0 Å². The van der Waals surface area contributed by atoms with Crippen LogP contribution in [0.25, 0.3) is 0 Å². The van der Waals surface area contributed by atoms with Gasteiger partial charge in [0.15, 0.2) is 0 Å². The van der Waals surface area contributed by atoms with Crippen LogP contribution in [0.2, 0.25) is 0 Å². The highest BCUT2D eigenvalue weighted by atomic mass is 32.2. The van der Waals surface area contributed by atoms with Gasteiger partial charge < -0.3 is 10.4 Å². The molecule has 0 saturated carbocycles. The van der Waals surface area contributed by atoms with Crippen molar-refractivity contribution < 1.29 is 22.9 Å². The van der Waals surface area contributed by atoms with E-state index in [0.29, 0.717) is 6.42 Å². The van der Waals surface area contributed by atoms with Crippen LogP contribution in [-0.2, 0) is 14.9 Å². The fourth-order valence-corrected chi connectivity index (χ4v) is 6.29. The van der Waals surface area contributed by atoms with Crippen molar-refractivity contribution in [3.63, 3.8) is 0 Å². The number of rotatable bonds is 34. The molecule has 7 heteroatoms. The maximum Gasteiger partial charge on any atom is 0.267 e. The molecule has 0 rings (SSSR count). The maximum absolute atomic E-state index is 12.5. The lowest BCUT2D eigenvalue weighted by Crippen LogP contribution is -2.46. The van der Waals surface area contributed by atoms with Crippen LogP contribution >= 0.6 is 0 Å². The first-order chi connectivity index (χ1) is 22.8. The molecular weight excluding hydrogens is 607 g/mol. The van der Waals surface area contributed by atoms with Crippen molar-refractivity contribution >= 4 is 16.0 Å². The molecule has 0 aromatic rings. The number of carbonyl (C=O) groups excluding carboxylic acids is 1. The molecular formula is C40H73NO5S. The molecule has 0 bridgehead atoms. The highest BCUT2D eigenvalue weighted by Crippen LogP contribution is 2.12. The molecule has 0 heterocycles. The van der Waals surface area contributed by atoms with E-state index in [1.165, 1.54) is 109 Å². The third-order valence-electron chi connectivity index (χ3n) is 8.48. The largest absolute Gasteiger partial charge is 0.387 e. The minimum atomic E-state index is -4.35. The van der Waals surface area contributed by atoms with Gasteiger partial charge >= 0.3 is 0 Å². The summed E-state index contributed by atoms with van der Waals surface area (Å²) in [5.41, 5.74) is 0. The van der Waals surface area contributed by atoms with Gasteiger partial charge in [-0.25, -0.2) is 0 Å². The summed E-state index contributed by atoms with van der Waals surface area (Å²) in [6, 6.07) is -1.08. The van der Waals surface area contributed by atoms with E-state index in [2.05, 4.69) is 55.6 Å². The van der Waals surface area contributed by atoms with Gasteiger partial charge in [-0.3, -0.25) is 9.35 Å². The first-order valence-electron chi connectivity index (χ1n) is 19.3. The molecule has 0 aromatic heterocycles. The molecule has 2 atom stereocenters. The zero-order chi connectivity index (χ0) is 34.7. The summed E-state index contributed by atoms with van der Waals surface area (Å²) in [4.78, 5) is 12.5. The monoisotopic (exact) mass is 680 g/mol. The molecule has 0 aromatic carbocycles. The zero-order valence-corrected chi connectivity index (χ0v) is 31.2. The number of carbonyl (C=O) groups is 1. The fraction of sp³-hybridized carbons (Fsp3) is 0.775. The van der Waals surface area contributed by atoms with Gasteiger partial charge in [-0.2, -0.15) is 8.42 Å². The zero-order valence-electron chi connectivity index (χ0n) is 30.4. The molecule has 0 fully saturated rings. The molecule has 47 heavy (non-hydrogen) atoms. The lowest BCUT2D eigenvalue weighted by atomic mass is 10.1. The highest BCUT2D eigenvalue weighted by molar-refractivity contribution is 7.85. The van der Waals surface area contributed by atoms with Crippen LogP contribution in [-0.4, -0.2) is 41.9 Å². The van der Waals surface area contributed by atoms with Crippen molar-refractivity contribution in [2.24, 2.45) is 0 Å². The Balaban J connectivity index is 4.03. The predicted octanol–water partition coefficient (Wildman–Crippen LogP) is 11.1. The molecule has 0 aliphatic rings. The SMILES string of the molecule is CCCCC/C=C\C/C=C\CCCCCCCCCC(=O)NC(CS(=O)(=O)O)C(O)/C=C/CC/C=C/CCCCCCCCCCC. The first-order valence-corrected chi connectivity index (χ1v) is 20.9. The maximum atomic E-state index is 12.5. The Hall–Kier alpha value is -1.70. The number of hydrogen-bond donors (Lipinski definition) is 3. The Kier molecular flexibility index (Phi) is 32.9. The second kappa shape index (κ2) is 34.2. The number of amides is 1. The molecule has 1 amide bonds. The second-order valence-corrected chi connectivity index (χ2v) is 14.7. The van der Waals surface area contributed by atoms with E-state index in [1.54, 1.807) is 6.08 Å². The average Bonchev–Trinajstić information content (AvgIpc) is 3.03. The van der Waals surface area contributed by atoms with Crippen LogP contribution in [0, 0.1) is 0 Å². The number of nitrogens with one attached hydrogen (secondary N) is 1. The minimum absolute atomic E-state index is 0.278. The van der Waals surface area contributed by atoms with E-state index in [9.17, 15) is 22.9 Å². The van der Waals surface area contributed by atoms with Crippen molar-refractivity contribution in [3.05, 3.63) is 48.6 Å². The van der Waals surface area contributed by atoms with Crippen molar-refractivity contribution in [1.29, 1.82) is 0 Å². The summed E-state index contributed by atoms with van der Waals surface area (Å²) in [6.07, 6.45) is 45.2. The number of aliphatic hydroxyl groups excluding tert-OH is 1. The van der Waals surface area contributed by atoms with Crippen LogP contribution in [0.3, 0.4) is 0 Å². The molecule has 274 valence electrons. The third kappa shape index (κ3) is 35.4. The summed E-state index contributed by atoms with van der Waals surface area (Å²) in [5.74, 6) is -1.01. The molecule has 0 aliphatic carbocycles. The number of unbranched alkanes of at least 4 members (excludes halogenated alkanes) is 20. The van der Waals surface area contributed by atoms with Gasteiger partial charge in [0, 0.05) is 6.42 Å². The van der Waals surface area contributed by atoms with Crippen molar-refractivity contribution in [2.75, 3.05) is 5.75 Å². The standard InChI is InChI=1S/C40H73NO5S/c1-3-5-7-9-11-13-15-17-19-20-22-24-26-28-30-32-34-36-40(43)41-38(37-47(44,45)46)39(42)35-33-31-29-27-25-23-21-18-16-14-12-10-8-6-4-2/h11,13,17,19,25,27,33,35,38-39,42H,3-10,12,14-16,18,20-24,26,28-32,34,36-37H2,1-2H3,(H,41,43)(H,44,45,46)/b13-11-,19-17-,27-25+,35-33+. The summed E-state index contributed by atoms with van der Waals surface area (Å²) >= 11 is 0. The van der Waals surface area contributed by atoms with E-state index in [4.69, 9.17) is 0 Å². The topological polar surface area (TPSA) is 104 Å². The van der Waals surface area contributed by atoms with E-state index in [-0.39, 0.29) is 12.3 Å². The van der Waals surface area contributed by atoms with Gasteiger partial charge in [0.1, 0.15) is 0 Å². The van der Waals surface area contributed by atoms with Crippen LogP contribution in [0.15, 0.2) is 48.6 Å². The average molecular weight is 680 g/mol. The van der Waals surface area contributed by atoms with Gasteiger partial charge in [-0.05, 0) is 64.2 Å². The quantitative estimate of drug-likeness (QED) is 0.0357. The minimum Gasteiger partial charge on any atom is -0.387 e. The predicted molar refractivity (Wildman–Crippen MR) is 202 cm³/mol. The number of allylic oxidation sites excluding steroid dienone is 7. The summed E-state index contributed by atoms with van der Waals surface area (Å²) in [6.45, 7) is 4.48. The van der Waals surface area contributed by atoms with E-state index >= 15 is 0 Å². The molecule has 0 spiro atoms. The molecule has 2 unspecified atom stereocenters. The highest BCUT2D eigenvalue weighted by Gasteiger charge is 2.24.